The van der Waals surface area contributed by atoms with Gasteiger partial charge in [-0.2, -0.15) is 0 Å². The lowest BCUT2D eigenvalue weighted by Crippen LogP contribution is -1.78. The first-order valence-corrected chi connectivity index (χ1v) is 4.33. The van der Waals surface area contributed by atoms with Crippen molar-refractivity contribution < 1.29 is 0 Å². The Kier molecular flexibility index (Phi) is 3.76. The second kappa shape index (κ2) is 5.14. The van der Waals surface area contributed by atoms with Crippen molar-refractivity contribution in [3.8, 4) is 0 Å². The molecule has 2 heteroatoms. The Balaban J connectivity index is 2.93. The van der Waals surface area contributed by atoms with Gasteiger partial charge in [-0.1, -0.05) is 30.4 Å². The van der Waals surface area contributed by atoms with Crippen LogP contribution < -0.4 is 0 Å². The Morgan fingerprint density at radius 3 is 2.77 bits per heavy atom. The summed E-state index contributed by atoms with van der Waals surface area (Å²) in [6.07, 6.45) is 13.6. The average Bonchev–Trinajstić information content (AvgIpc) is 2.65. The summed E-state index contributed by atoms with van der Waals surface area (Å²) in [5.41, 5.74) is 2.18. The van der Waals surface area contributed by atoms with E-state index in [1.54, 1.807) is 6.33 Å². The SMILES string of the molecule is C\C=C/C(=C\C=C\C)c1cnc[nH]1. The van der Waals surface area contributed by atoms with Gasteiger partial charge in [-0.15, -0.1) is 0 Å². The zero-order valence-electron chi connectivity index (χ0n) is 7.99. The average molecular weight is 174 g/mol. The minimum absolute atomic E-state index is 1.04. The van der Waals surface area contributed by atoms with Crippen molar-refractivity contribution in [3.63, 3.8) is 0 Å². The molecular weight excluding hydrogens is 160 g/mol. The molecule has 13 heavy (non-hydrogen) atoms. The summed E-state index contributed by atoms with van der Waals surface area (Å²) >= 11 is 0. The van der Waals surface area contributed by atoms with Gasteiger partial charge >= 0.3 is 0 Å². The van der Waals surface area contributed by atoms with Crippen LogP contribution in [0.3, 0.4) is 0 Å². The number of nitrogens with zero attached hydrogens (tertiary/aromatic N) is 1. The normalized spacial score (nSPS) is 13.2. The molecule has 2 nitrogen and oxygen atoms in total. The number of aromatic nitrogens is 2. The van der Waals surface area contributed by atoms with Crippen molar-refractivity contribution >= 4 is 5.57 Å². The molecule has 1 rings (SSSR count). The molecule has 0 aliphatic carbocycles. The zero-order chi connectivity index (χ0) is 9.52. The third kappa shape index (κ3) is 2.75. The molecule has 0 aliphatic rings. The maximum atomic E-state index is 3.98. The van der Waals surface area contributed by atoms with E-state index in [1.807, 2.05) is 50.4 Å². The molecule has 0 radical (unpaired) electrons. The van der Waals surface area contributed by atoms with Crippen LogP contribution >= 0.6 is 0 Å². The highest BCUT2D eigenvalue weighted by Gasteiger charge is 1.95. The van der Waals surface area contributed by atoms with Crippen LogP contribution in [-0.4, -0.2) is 9.97 Å². The highest BCUT2D eigenvalue weighted by atomic mass is 14.9. The molecule has 0 fully saturated rings. The summed E-state index contributed by atoms with van der Waals surface area (Å²) in [6, 6.07) is 0. The van der Waals surface area contributed by atoms with Gasteiger partial charge in [-0.3, -0.25) is 0 Å². The summed E-state index contributed by atoms with van der Waals surface area (Å²) in [6.45, 7) is 4.00. The lowest BCUT2D eigenvalue weighted by atomic mass is 10.1. The molecule has 68 valence electrons. The monoisotopic (exact) mass is 174 g/mol. The van der Waals surface area contributed by atoms with Gasteiger partial charge in [0.2, 0.25) is 0 Å². The number of rotatable bonds is 3. The Labute approximate surface area is 78.7 Å². The van der Waals surface area contributed by atoms with Crippen LogP contribution in [0, 0.1) is 0 Å². The zero-order valence-corrected chi connectivity index (χ0v) is 7.99. The summed E-state index contributed by atoms with van der Waals surface area (Å²) in [4.78, 5) is 7.05. The van der Waals surface area contributed by atoms with Crippen LogP contribution in [0.1, 0.15) is 19.5 Å². The molecule has 0 unspecified atom stereocenters. The predicted molar refractivity (Wildman–Crippen MR) is 56.2 cm³/mol. The molecule has 1 heterocycles. The standard InChI is InChI=1S/C11H14N2/c1-3-5-7-10(6-4-2)11-8-12-9-13-11/h3-9H,1-2H3,(H,12,13)/b5-3+,6-4-,10-7+. The third-order valence-corrected chi connectivity index (χ3v) is 1.62. The van der Waals surface area contributed by atoms with Crippen LogP contribution in [0.15, 0.2) is 42.9 Å². The highest BCUT2D eigenvalue weighted by Crippen LogP contribution is 2.12. The molecule has 1 N–H and O–H groups in total. The third-order valence-electron chi connectivity index (χ3n) is 1.62. The second-order valence-corrected chi connectivity index (χ2v) is 2.61. The van der Waals surface area contributed by atoms with Gasteiger partial charge in [0.25, 0.3) is 0 Å². The fraction of sp³-hybridized carbons (Fsp3) is 0.182. The molecular formula is C11H14N2. The smallest absolute Gasteiger partial charge is 0.0924 e. The quantitative estimate of drug-likeness (QED) is 0.701. The molecule has 1 aromatic heterocycles. The van der Waals surface area contributed by atoms with Crippen molar-refractivity contribution in [1.82, 2.24) is 9.97 Å². The van der Waals surface area contributed by atoms with Crippen molar-refractivity contribution in [2.75, 3.05) is 0 Å². The first-order chi connectivity index (χ1) is 6.38. The number of H-pyrrole nitrogens is 1. The van der Waals surface area contributed by atoms with E-state index in [1.165, 1.54) is 0 Å². The first kappa shape index (κ1) is 9.52. The van der Waals surface area contributed by atoms with Crippen LogP contribution in [0.25, 0.3) is 5.57 Å². The molecule has 0 saturated heterocycles. The predicted octanol–water partition coefficient (Wildman–Crippen LogP) is 2.95. The number of aromatic amines is 1. The minimum atomic E-state index is 1.04. The molecule has 0 atom stereocenters. The molecule has 1 aromatic rings. The van der Waals surface area contributed by atoms with E-state index >= 15 is 0 Å². The van der Waals surface area contributed by atoms with Crippen LogP contribution in [0.2, 0.25) is 0 Å². The second-order valence-electron chi connectivity index (χ2n) is 2.61. The van der Waals surface area contributed by atoms with Crippen molar-refractivity contribution in [1.29, 1.82) is 0 Å². The Hall–Kier alpha value is -1.57. The molecule has 0 saturated carbocycles. The number of hydrogen-bond acceptors (Lipinski definition) is 1. The van der Waals surface area contributed by atoms with E-state index in [0.29, 0.717) is 0 Å². The first-order valence-electron chi connectivity index (χ1n) is 4.33. The lowest BCUT2D eigenvalue weighted by molar-refractivity contribution is 1.30. The Morgan fingerprint density at radius 1 is 1.38 bits per heavy atom. The van der Waals surface area contributed by atoms with E-state index in [4.69, 9.17) is 0 Å². The number of allylic oxidation sites excluding steroid dienone is 6. The summed E-state index contributed by atoms with van der Waals surface area (Å²) in [5, 5.41) is 0. The maximum absolute atomic E-state index is 3.98. The summed E-state index contributed by atoms with van der Waals surface area (Å²) in [7, 11) is 0. The maximum Gasteiger partial charge on any atom is 0.0924 e. The largest absolute Gasteiger partial charge is 0.345 e. The van der Waals surface area contributed by atoms with Gasteiger partial charge in [-0.25, -0.2) is 4.98 Å². The van der Waals surface area contributed by atoms with E-state index in [-0.39, 0.29) is 0 Å². The summed E-state index contributed by atoms with van der Waals surface area (Å²) in [5.74, 6) is 0. The van der Waals surface area contributed by atoms with Gasteiger partial charge in [0, 0.05) is 0 Å². The Bertz CT molecular complexity index is 316. The van der Waals surface area contributed by atoms with Crippen LogP contribution in [0.5, 0.6) is 0 Å². The van der Waals surface area contributed by atoms with E-state index in [0.717, 1.165) is 11.3 Å². The van der Waals surface area contributed by atoms with Crippen molar-refractivity contribution in [3.05, 3.63) is 48.6 Å². The Morgan fingerprint density at radius 2 is 2.23 bits per heavy atom. The summed E-state index contributed by atoms with van der Waals surface area (Å²) < 4.78 is 0. The van der Waals surface area contributed by atoms with Crippen LogP contribution in [0.4, 0.5) is 0 Å². The molecule has 0 spiro atoms. The van der Waals surface area contributed by atoms with E-state index in [2.05, 4.69) is 9.97 Å². The topological polar surface area (TPSA) is 28.7 Å². The van der Waals surface area contributed by atoms with Crippen LogP contribution in [-0.2, 0) is 0 Å². The lowest BCUT2D eigenvalue weighted by Gasteiger charge is -1.95. The van der Waals surface area contributed by atoms with Gasteiger partial charge in [-0.05, 0) is 19.4 Å². The van der Waals surface area contributed by atoms with Crippen molar-refractivity contribution in [2.24, 2.45) is 0 Å². The van der Waals surface area contributed by atoms with Crippen molar-refractivity contribution in [2.45, 2.75) is 13.8 Å². The molecule has 0 bridgehead atoms. The van der Waals surface area contributed by atoms with Gasteiger partial charge in [0.05, 0.1) is 18.2 Å². The molecule has 0 aliphatic heterocycles. The van der Waals surface area contributed by atoms with Gasteiger partial charge in [0.15, 0.2) is 0 Å². The highest BCUT2D eigenvalue weighted by molar-refractivity contribution is 5.72. The number of hydrogen-bond donors (Lipinski definition) is 1. The minimum Gasteiger partial charge on any atom is -0.345 e. The fourth-order valence-corrected chi connectivity index (χ4v) is 1.03. The van der Waals surface area contributed by atoms with Gasteiger partial charge < -0.3 is 4.98 Å². The van der Waals surface area contributed by atoms with Gasteiger partial charge in [0.1, 0.15) is 0 Å². The number of imidazole rings is 1. The molecule has 0 aromatic carbocycles. The fourth-order valence-electron chi connectivity index (χ4n) is 1.03. The van der Waals surface area contributed by atoms with E-state index in [9.17, 15) is 0 Å². The number of nitrogens with one attached hydrogen (secondary N) is 1. The molecule has 0 amide bonds. The van der Waals surface area contributed by atoms with E-state index < -0.39 is 0 Å².